The summed E-state index contributed by atoms with van der Waals surface area (Å²) in [4.78, 5) is 26.6. The van der Waals surface area contributed by atoms with Crippen LogP contribution in [0.25, 0.3) is 0 Å². The number of rotatable bonds is 5. The minimum atomic E-state index is -1.81. The lowest BCUT2D eigenvalue weighted by atomic mass is 9.92. The number of hydrogen-bond donors (Lipinski definition) is 2. The van der Waals surface area contributed by atoms with Gasteiger partial charge in [0.1, 0.15) is 17.5 Å². The number of alkyl carbamates (subject to hydrolysis) is 1. The van der Waals surface area contributed by atoms with Crippen molar-refractivity contribution in [1.29, 1.82) is 0 Å². The van der Waals surface area contributed by atoms with Gasteiger partial charge in [-0.15, -0.1) is 0 Å². The quantitative estimate of drug-likeness (QED) is 0.718. The van der Waals surface area contributed by atoms with Gasteiger partial charge in [0.2, 0.25) is 0 Å². The predicted octanol–water partition coefficient (Wildman–Crippen LogP) is 3.48. The molecule has 0 saturated carbocycles. The van der Waals surface area contributed by atoms with Crippen LogP contribution in [0.15, 0.2) is 60.7 Å². The highest BCUT2D eigenvalue weighted by molar-refractivity contribution is 5.72. The molecule has 4 rings (SSSR count). The van der Waals surface area contributed by atoms with Crippen molar-refractivity contribution in [2.24, 2.45) is 0 Å². The van der Waals surface area contributed by atoms with Gasteiger partial charge in [-0.1, -0.05) is 48.5 Å². The van der Waals surface area contributed by atoms with Gasteiger partial charge >= 0.3 is 12.2 Å². The molecule has 2 fully saturated rings. The highest BCUT2D eigenvalue weighted by atomic mass is 16.6. The molecule has 0 aromatic heterocycles. The molecule has 8 nitrogen and oxygen atoms in total. The minimum absolute atomic E-state index is 0.0616. The fourth-order valence-electron chi connectivity index (χ4n) is 4.36. The number of amides is 2. The van der Waals surface area contributed by atoms with Crippen LogP contribution in [0.4, 0.5) is 9.59 Å². The van der Waals surface area contributed by atoms with Crippen LogP contribution >= 0.6 is 0 Å². The zero-order valence-electron chi connectivity index (χ0n) is 19.1. The number of para-hydroxylation sites is 1. The average molecular weight is 455 g/mol. The van der Waals surface area contributed by atoms with Crippen LogP contribution in [0.1, 0.15) is 32.8 Å². The summed E-state index contributed by atoms with van der Waals surface area (Å²) in [6.07, 6.45) is -2.34. The lowest BCUT2D eigenvalue weighted by Gasteiger charge is -2.38. The second kappa shape index (κ2) is 8.94. The third kappa shape index (κ3) is 5.22. The predicted molar refractivity (Wildman–Crippen MR) is 121 cm³/mol. The van der Waals surface area contributed by atoms with Crippen LogP contribution in [0.5, 0.6) is 5.75 Å². The Morgan fingerprint density at radius 2 is 1.79 bits per heavy atom. The van der Waals surface area contributed by atoms with Gasteiger partial charge < -0.3 is 24.6 Å². The van der Waals surface area contributed by atoms with E-state index in [4.69, 9.17) is 14.2 Å². The lowest BCUT2D eigenvalue weighted by molar-refractivity contribution is -0.149. The Morgan fingerprint density at radius 3 is 2.42 bits per heavy atom. The van der Waals surface area contributed by atoms with Crippen LogP contribution in [0.3, 0.4) is 0 Å². The van der Waals surface area contributed by atoms with Crippen molar-refractivity contribution in [2.75, 3.05) is 6.54 Å². The number of cyclic esters (lactones) is 1. The van der Waals surface area contributed by atoms with Crippen LogP contribution in [-0.4, -0.2) is 58.3 Å². The van der Waals surface area contributed by atoms with Crippen molar-refractivity contribution in [1.82, 2.24) is 10.2 Å². The van der Waals surface area contributed by atoms with Crippen molar-refractivity contribution in [3.8, 4) is 5.75 Å². The van der Waals surface area contributed by atoms with E-state index in [9.17, 15) is 14.7 Å². The molecule has 2 aromatic carbocycles. The van der Waals surface area contributed by atoms with E-state index in [1.807, 2.05) is 60.7 Å². The molecule has 0 unspecified atom stereocenters. The fraction of sp³-hybridized carbons (Fsp3) is 0.440. The summed E-state index contributed by atoms with van der Waals surface area (Å²) in [6, 6.07) is 18.3. The topological polar surface area (TPSA) is 97.3 Å². The summed E-state index contributed by atoms with van der Waals surface area (Å²) >= 11 is 0. The molecule has 8 heteroatoms. The van der Waals surface area contributed by atoms with Crippen molar-refractivity contribution in [3.63, 3.8) is 0 Å². The molecule has 0 radical (unpaired) electrons. The Hall–Kier alpha value is -3.26. The van der Waals surface area contributed by atoms with E-state index in [1.54, 1.807) is 20.8 Å². The molecule has 2 saturated heterocycles. The maximum absolute atomic E-state index is 13.1. The summed E-state index contributed by atoms with van der Waals surface area (Å²) in [5, 5.41) is 14.6. The molecule has 2 aliphatic heterocycles. The van der Waals surface area contributed by atoms with Crippen LogP contribution in [0.2, 0.25) is 0 Å². The smallest absolute Gasteiger partial charge is 0.412 e. The van der Waals surface area contributed by atoms with Crippen molar-refractivity contribution in [3.05, 3.63) is 66.2 Å². The summed E-state index contributed by atoms with van der Waals surface area (Å²) in [5.74, 6) is 0.623. The Morgan fingerprint density at radius 1 is 1.15 bits per heavy atom. The minimum Gasteiger partial charge on any atom is -0.488 e. The second-order valence-electron chi connectivity index (χ2n) is 9.49. The standard InChI is InChI=1S/C25H30N2O6/c1-24(2,3)33-23(29)27-16-19(31-18-12-8-5-9-13-18)15-25(27,30)21-20(26-22(28)32-21)14-17-10-6-4-7-11-17/h4-13,19-21,30H,14-16H2,1-3H3,(H,26,28)/t19-,20+,21+,25-/m1/s1. The Bertz CT molecular complexity index is 977. The zero-order chi connectivity index (χ0) is 23.6. The number of aliphatic hydroxyl groups is 1. The molecular formula is C25H30N2O6. The van der Waals surface area contributed by atoms with Gasteiger partial charge in [0.05, 0.1) is 12.6 Å². The largest absolute Gasteiger partial charge is 0.488 e. The number of carbonyl (C=O) groups excluding carboxylic acids is 2. The number of hydrogen-bond acceptors (Lipinski definition) is 6. The first-order chi connectivity index (χ1) is 15.6. The first kappa shape index (κ1) is 22.9. The zero-order valence-corrected chi connectivity index (χ0v) is 19.1. The van der Waals surface area contributed by atoms with Gasteiger partial charge in [0.15, 0.2) is 11.8 Å². The summed E-state index contributed by atoms with van der Waals surface area (Å²) in [7, 11) is 0. The van der Waals surface area contributed by atoms with Crippen molar-refractivity contribution in [2.45, 2.75) is 63.2 Å². The van der Waals surface area contributed by atoms with Gasteiger partial charge in [0, 0.05) is 6.42 Å². The monoisotopic (exact) mass is 454 g/mol. The number of carbonyl (C=O) groups is 2. The average Bonchev–Trinajstić information content (AvgIpc) is 3.28. The van der Waals surface area contributed by atoms with Crippen molar-refractivity contribution < 1.29 is 28.9 Å². The number of nitrogens with one attached hydrogen (secondary N) is 1. The highest BCUT2D eigenvalue weighted by Gasteiger charge is 2.59. The fourth-order valence-corrected chi connectivity index (χ4v) is 4.36. The molecule has 176 valence electrons. The Kier molecular flexibility index (Phi) is 6.21. The van der Waals surface area contributed by atoms with Gasteiger partial charge in [-0.2, -0.15) is 0 Å². The third-order valence-corrected chi connectivity index (χ3v) is 5.70. The molecule has 0 aliphatic carbocycles. The van der Waals surface area contributed by atoms with Gasteiger partial charge in [-0.05, 0) is 44.9 Å². The maximum atomic E-state index is 13.1. The molecule has 2 N–H and O–H groups in total. The SMILES string of the molecule is CC(C)(C)OC(=O)N1C[C@H](Oc2ccccc2)C[C@@]1(O)[C@H]1OC(=O)N[C@H]1Cc1ccccc1. The van der Waals surface area contributed by atoms with Crippen molar-refractivity contribution >= 4 is 12.2 Å². The van der Waals surface area contributed by atoms with E-state index < -0.39 is 41.8 Å². The Labute approximate surface area is 193 Å². The second-order valence-corrected chi connectivity index (χ2v) is 9.49. The molecule has 2 aromatic rings. The number of ether oxygens (including phenoxy) is 3. The van der Waals surface area contributed by atoms with E-state index in [0.717, 1.165) is 5.56 Å². The molecule has 2 amide bonds. The summed E-state index contributed by atoms with van der Waals surface area (Å²) < 4.78 is 17.2. The Balaban J connectivity index is 1.61. The number of benzene rings is 2. The van der Waals surface area contributed by atoms with E-state index in [2.05, 4.69) is 5.32 Å². The van der Waals surface area contributed by atoms with E-state index in [0.29, 0.717) is 12.2 Å². The lowest BCUT2D eigenvalue weighted by Crippen LogP contribution is -2.60. The molecule has 4 atom stereocenters. The van der Waals surface area contributed by atoms with Crippen LogP contribution < -0.4 is 10.1 Å². The van der Waals surface area contributed by atoms with E-state index in [1.165, 1.54) is 4.90 Å². The molecule has 2 aliphatic rings. The first-order valence-electron chi connectivity index (χ1n) is 11.1. The molecule has 2 heterocycles. The number of likely N-dealkylation sites (tertiary alicyclic amines) is 1. The van der Waals surface area contributed by atoms with Gasteiger partial charge in [0.25, 0.3) is 0 Å². The maximum Gasteiger partial charge on any atom is 0.412 e. The van der Waals surface area contributed by atoms with E-state index in [-0.39, 0.29) is 13.0 Å². The van der Waals surface area contributed by atoms with Crippen LogP contribution in [0, 0.1) is 0 Å². The third-order valence-electron chi connectivity index (χ3n) is 5.70. The van der Waals surface area contributed by atoms with Gasteiger partial charge in [-0.3, -0.25) is 4.90 Å². The molecule has 0 spiro atoms. The number of nitrogens with zero attached hydrogens (tertiary/aromatic N) is 1. The van der Waals surface area contributed by atoms with E-state index >= 15 is 0 Å². The molecule has 33 heavy (non-hydrogen) atoms. The first-order valence-corrected chi connectivity index (χ1v) is 11.1. The molecular weight excluding hydrogens is 424 g/mol. The summed E-state index contributed by atoms with van der Waals surface area (Å²) in [5.41, 5.74) is -1.59. The van der Waals surface area contributed by atoms with Crippen LogP contribution in [-0.2, 0) is 15.9 Å². The molecule has 0 bridgehead atoms. The van der Waals surface area contributed by atoms with Gasteiger partial charge in [-0.25, -0.2) is 9.59 Å². The highest BCUT2D eigenvalue weighted by Crippen LogP contribution is 2.38. The summed E-state index contributed by atoms with van der Waals surface area (Å²) in [6.45, 7) is 5.36. The normalized spacial score (nSPS) is 27.1.